The van der Waals surface area contributed by atoms with Crippen LogP contribution in [0.25, 0.3) is 5.76 Å². The van der Waals surface area contributed by atoms with Gasteiger partial charge in [0.25, 0.3) is 0 Å². The molecule has 1 rings (SSSR count). The van der Waals surface area contributed by atoms with Crippen molar-refractivity contribution in [3.8, 4) is 0 Å². The molecule has 0 spiro atoms. The van der Waals surface area contributed by atoms with Gasteiger partial charge in [0, 0.05) is 6.61 Å². The first-order valence-electron chi connectivity index (χ1n) is 9.33. The SMILES string of the molecule is CCCCOC[C@H](C)N=C(SC)C(C(=O)OCC)=C(O)c1cc(F)c(F)c(F)c1F. The summed E-state index contributed by atoms with van der Waals surface area (Å²) in [5.41, 5.74) is -1.61. The number of unbranched alkanes of at least 4 members (excludes halogenated alkanes) is 1. The topological polar surface area (TPSA) is 68.1 Å². The van der Waals surface area contributed by atoms with Crippen LogP contribution in [0.3, 0.4) is 0 Å². The van der Waals surface area contributed by atoms with E-state index in [1.807, 2.05) is 6.92 Å². The van der Waals surface area contributed by atoms with Crippen LogP contribution < -0.4 is 0 Å². The van der Waals surface area contributed by atoms with E-state index < -0.39 is 52.2 Å². The number of thioether (sulfide) groups is 1. The molecule has 0 amide bonds. The monoisotopic (exact) mass is 451 g/mol. The molecular weight excluding hydrogens is 426 g/mol. The zero-order valence-corrected chi connectivity index (χ0v) is 18.0. The quantitative estimate of drug-likeness (QED) is 0.0621. The molecule has 30 heavy (non-hydrogen) atoms. The van der Waals surface area contributed by atoms with E-state index >= 15 is 0 Å². The highest BCUT2D eigenvalue weighted by molar-refractivity contribution is 8.14. The van der Waals surface area contributed by atoms with Crippen molar-refractivity contribution in [2.45, 2.75) is 39.7 Å². The summed E-state index contributed by atoms with van der Waals surface area (Å²) in [6, 6.07) is -0.189. The molecule has 0 fully saturated rings. The average Bonchev–Trinajstić information content (AvgIpc) is 2.71. The first-order chi connectivity index (χ1) is 14.2. The molecule has 0 unspecified atom stereocenters. The van der Waals surface area contributed by atoms with Crippen LogP contribution in [0.2, 0.25) is 0 Å². The maximum Gasteiger partial charge on any atom is 0.344 e. The van der Waals surface area contributed by atoms with Crippen LogP contribution in [0.5, 0.6) is 0 Å². The summed E-state index contributed by atoms with van der Waals surface area (Å²) >= 11 is 0.936. The van der Waals surface area contributed by atoms with Gasteiger partial charge in [-0.05, 0) is 32.6 Å². The van der Waals surface area contributed by atoms with Crippen molar-refractivity contribution in [3.63, 3.8) is 0 Å². The van der Waals surface area contributed by atoms with Crippen molar-refractivity contribution in [3.05, 3.63) is 40.5 Å². The number of ether oxygens (including phenoxy) is 2. The average molecular weight is 451 g/mol. The lowest BCUT2D eigenvalue weighted by Crippen LogP contribution is -2.20. The molecule has 0 bridgehead atoms. The number of aliphatic hydroxyl groups is 1. The number of rotatable bonds is 10. The Kier molecular flexibility index (Phi) is 10.9. The predicted molar refractivity (Wildman–Crippen MR) is 109 cm³/mol. The Balaban J connectivity index is 3.47. The van der Waals surface area contributed by atoms with Crippen molar-refractivity contribution < 1.29 is 36.9 Å². The summed E-state index contributed by atoms with van der Waals surface area (Å²) in [6.45, 7) is 5.87. The third kappa shape index (κ3) is 6.73. The number of carbonyl (C=O) groups is 1. The fourth-order valence-corrected chi connectivity index (χ4v) is 2.99. The molecule has 0 saturated heterocycles. The lowest BCUT2D eigenvalue weighted by molar-refractivity contribution is -0.137. The maximum atomic E-state index is 14.2. The first kappa shape index (κ1) is 26.0. The highest BCUT2D eigenvalue weighted by Crippen LogP contribution is 2.28. The second kappa shape index (κ2) is 12.6. The van der Waals surface area contributed by atoms with Crippen molar-refractivity contribution in [2.75, 3.05) is 26.1 Å². The van der Waals surface area contributed by atoms with E-state index in [0.717, 1.165) is 24.6 Å². The molecule has 1 atom stereocenters. The van der Waals surface area contributed by atoms with Gasteiger partial charge in [-0.1, -0.05) is 13.3 Å². The van der Waals surface area contributed by atoms with Crippen LogP contribution in [0.15, 0.2) is 16.6 Å². The minimum atomic E-state index is -2.11. The second-order valence-electron chi connectivity index (χ2n) is 6.21. The van der Waals surface area contributed by atoms with E-state index in [1.54, 1.807) is 6.92 Å². The van der Waals surface area contributed by atoms with Gasteiger partial charge in [-0.25, -0.2) is 22.4 Å². The van der Waals surface area contributed by atoms with Crippen molar-refractivity contribution >= 4 is 28.5 Å². The van der Waals surface area contributed by atoms with Gasteiger partial charge in [0.15, 0.2) is 23.3 Å². The molecule has 5 nitrogen and oxygen atoms in total. The van der Waals surface area contributed by atoms with E-state index in [-0.39, 0.29) is 24.3 Å². The Hall–Kier alpha value is -2.07. The molecule has 0 aliphatic heterocycles. The zero-order chi connectivity index (χ0) is 22.8. The lowest BCUT2D eigenvalue weighted by Gasteiger charge is -2.15. The number of aliphatic imine (C=N–C) groups is 1. The number of aliphatic hydroxyl groups excluding tert-OH is 1. The lowest BCUT2D eigenvalue weighted by atomic mass is 10.1. The third-order valence-electron chi connectivity index (χ3n) is 3.82. The summed E-state index contributed by atoms with van der Waals surface area (Å²) in [7, 11) is 0. The second-order valence-corrected chi connectivity index (χ2v) is 7.00. The number of carbonyl (C=O) groups excluding carboxylic acids is 1. The third-order valence-corrected chi connectivity index (χ3v) is 4.52. The Morgan fingerprint density at radius 3 is 2.43 bits per heavy atom. The Morgan fingerprint density at radius 1 is 1.20 bits per heavy atom. The highest BCUT2D eigenvalue weighted by Gasteiger charge is 2.28. The van der Waals surface area contributed by atoms with Gasteiger partial charge in [0.05, 0.1) is 24.8 Å². The minimum absolute atomic E-state index is 0.0536. The van der Waals surface area contributed by atoms with Crippen molar-refractivity contribution in [2.24, 2.45) is 4.99 Å². The number of hydrogen-bond donors (Lipinski definition) is 1. The molecular formula is C20H25F4NO4S. The molecule has 0 radical (unpaired) electrons. The van der Waals surface area contributed by atoms with Crippen molar-refractivity contribution in [1.29, 1.82) is 0 Å². The van der Waals surface area contributed by atoms with Crippen molar-refractivity contribution in [1.82, 2.24) is 0 Å². The smallest absolute Gasteiger partial charge is 0.344 e. The van der Waals surface area contributed by atoms with Crippen LogP contribution in [-0.4, -0.2) is 48.2 Å². The maximum absolute atomic E-state index is 14.2. The first-order valence-corrected chi connectivity index (χ1v) is 10.5. The predicted octanol–water partition coefficient (Wildman–Crippen LogP) is 5.04. The van der Waals surface area contributed by atoms with E-state index in [0.29, 0.717) is 6.61 Å². The minimum Gasteiger partial charge on any atom is -0.506 e. The summed E-state index contributed by atoms with van der Waals surface area (Å²) in [6.07, 6.45) is 3.35. The molecule has 0 saturated carbocycles. The zero-order valence-electron chi connectivity index (χ0n) is 17.2. The van der Waals surface area contributed by atoms with E-state index in [1.165, 1.54) is 13.2 Å². The molecule has 1 aromatic carbocycles. The Bertz CT molecular complexity index is 814. The van der Waals surface area contributed by atoms with Gasteiger partial charge >= 0.3 is 5.97 Å². The number of nitrogens with zero attached hydrogens (tertiary/aromatic N) is 1. The molecule has 0 heterocycles. The van der Waals surface area contributed by atoms with Gasteiger partial charge < -0.3 is 14.6 Å². The molecule has 0 aliphatic carbocycles. The van der Waals surface area contributed by atoms with E-state index in [9.17, 15) is 27.5 Å². The Morgan fingerprint density at radius 2 is 1.87 bits per heavy atom. The normalized spacial score (nSPS) is 13.8. The van der Waals surface area contributed by atoms with E-state index in [4.69, 9.17) is 9.47 Å². The molecule has 10 heteroatoms. The van der Waals surface area contributed by atoms with E-state index in [2.05, 4.69) is 4.99 Å². The largest absolute Gasteiger partial charge is 0.506 e. The standard InChI is InChI=1S/C20H25F4NO4S/c1-5-7-8-28-10-11(3)25-19(30-4)14(20(27)29-6-2)18(26)12-9-13(21)16(23)17(24)15(12)22/h9,11,26H,5-8,10H2,1-4H3/t11-/m0/s1. The van der Waals surface area contributed by atoms with Crippen LogP contribution in [0, 0.1) is 23.3 Å². The fraction of sp³-hybridized carbons (Fsp3) is 0.500. The molecule has 1 aromatic rings. The summed E-state index contributed by atoms with van der Waals surface area (Å²) in [5, 5.41) is 10.5. The van der Waals surface area contributed by atoms with Gasteiger partial charge in [-0.15, -0.1) is 11.8 Å². The van der Waals surface area contributed by atoms with Crippen LogP contribution in [0.1, 0.15) is 39.2 Å². The molecule has 0 aromatic heterocycles. The Labute approximate surface area is 177 Å². The summed E-state index contributed by atoms with van der Waals surface area (Å²) in [4.78, 5) is 16.7. The van der Waals surface area contributed by atoms with Gasteiger partial charge in [0.2, 0.25) is 0 Å². The summed E-state index contributed by atoms with van der Waals surface area (Å²) < 4.78 is 65.0. The fourth-order valence-electron chi connectivity index (χ4n) is 2.33. The number of hydrogen-bond acceptors (Lipinski definition) is 6. The summed E-state index contributed by atoms with van der Waals surface area (Å²) in [5.74, 6) is -9.90. The van der Waals surface area contributed by atoms with Gasteiger partial charge in [0.1, 0.15) is 16.4 Å². The van der Waals surface area contributed by atoms with Gasteiger partial charge in [-0.2, -0.15) is 0 Å². The van der Waals surface area contributed by atoms with Gasteiger partial charge in [-0.3, -0.25) is 4.99 Å². The molecule has 0 aliphatic rings. The molecule has 168 valence electrons. The van der Waals surface area contributed by atoms with Crippen LogP contribution in [-0.2, 0) is 14.3 Å². The van der Waals surface area contributed by atoms with Crippen LogP contribution in [0.4, 0.5) is 17.6 Å². The number of esters is 1. The number of halogens is 4. The van der Waals surface area contributed by atoms with Crippen LogP contribution >= 0.6 is 11.8 Å². The number of benzene rings is 1. The highest BCUT2D eigenvalue weighted by atomic mass is 32.2. The molecule has 1 N–H and O–H groups in total.